The molecule has 0 unspecified atom stereocenters. The zero-order chi connectivity index (χ0) is 22.5. The van der Waals surface area contributed by atoms with Gasteiger partial charge in [-0.05, 0) is 40.0 Å². The summed E-state index contributed by atoms with van der Waals surface area (Å²) >= 11 is 0. The Morgan fingerprint density at radius 3 is 2.55 bits per heavy atom. The summed E-state index contributed by atoms with van der Waals surface area (Å²) in [5, 5.41) is 6.84. The highest BCUT2D eigenvalue weighted by atomic mass is 19.1. The maximum Gasteiger partial charge on any atom is 0.407 e. The number of hydrazine groups is 1. The van der Waals surface area contributed by atoms with Gasteiger partial charge in [-0.25, -0.2) is 28.8 Å². The number of hydrogen-bond acceptors (Lipinski definition) is 6. The summed E-state index contributed by atoms with van der Waals surface area (Å²) in [4.78, 5) is 37.9. The third kappa shape index (κ3) is 4.41. The van der Waals surface area contributed by atoms with E-state index in [2.05, 4.69) is 16.1 Å². The molecular formula is C20H24F2N5O4. The van der Waals surface area contributed by atoms with Crippen molar-refractivity contribution in [3.05, 3.63) is 23.3 Å². The molecule has 1 aromatic carbocycles. The summed E-state index contributed by atoms with van der Waals surface area (Å²) in [6.07, 6.45) is 1.46. The first-order valence-electron chi connectivity index (χ1n) is 10.2. The molecule has 11 heteroatoms. The molecule has 2 N–H and O–H groups in total. The summed E-state index contributed by atoms with van der Waals surface area (Å²) < 4.78 is 35.6. The predicted molar refractivity (Wildman–Crippen MR) is 107 cm³/mol. The van der Waals surface area contributed by atoms with Gasteiger partial charge in [-0.2, -0.15) is 5.32 Å². The molecular weight excluding hydrogens is 412 g/mol. The Morgan fingerprint density at radius 1 is 1.19 bits per heavy atom. The second kappa shape index (κ2) is 7.63. The van der Waals surface area contributed by atoms with Gasteiger partial charge in [-0.1, -0.05) is 0 Å². The second-order valence-electron chi connectivity index (χ2n) is 8.93. The number of carbonyl (C=O) groups excluding carboxylic acids is 3. The quantitative estimate of drug-likeness (QED) is 0.751. The number of carbonyl (C=O) groups is 3. The smallest absolute Gasteiger partial charge is 0.407 e. The summed E-state index contributed by atoms with van der Waals surface area (Å²) in [7, 11) is 0. The molecule has 0 aromatic heterocycles. The number of benzene rings is 1. The van der Waals surface area contributed by atoms with Crippen molar-refractivity contribution in [1.82, 2.24) is 16.1 Å². The number of amides is 4. The zero-order valence-electron chi connectivity index (χ0n) is 17.5. The molecule has 31 heavy (non-hydrogen) atoms. The van der Waals surface area contributed by atoms with Crippen LogP contribution in [0.4, 0.5) is 29.7 Å². The van der Waals surface area contributed by atoms with Crippen LogP contribution in [0.2, 0.25) is 0 Å². The van der Waals surface area contributed by atoms with Crippen LogP contribution in [0.5, 0.6) is 0 Å². The highest BCUT2D eigenvalue weighted by Crippen LogP contribution is 2.38. The third-order valence-electron chi connectivity index (χ3n) is 5.14. The SMILES string of the molecule is CC(C)(C)OC(=O)N[C@H]1CCN(c2cc(F)c3c(c2F)N(NC2CC2)C(=O)[N]C3=O)C1. The van der Waals surface area contributed by atoms with Crippen LogP contribution in [-0.4, -0.2) is 48.8 Å². The topological polar surface area (TPSA) is 105 Å². The minimum Gasteiger partial charge on any atom is -0.444 e. The largest absolute Gasteiger partial charge is 0.444 e. The van der Waals surface area contributed by atoms with Crippen LogP contribution in [0, 0.1) is 11.6 Å². The fraction of sp³-hybridized carbons (Fsp3) is 0.550. The monoisotopic (exact) mass is 436 g/mol. The average Bonchev–Trinajstić information content (AvgIpc) is 3.35. The Morgan fingerprint density at radius 2 is 1.90 bits per heavy atom. The van der Waals surface area contributed by atoms with Crippen molar-refractivity contribution in [3.8, 4) is 0 Å². The van der Waals surface area contributed by atoms with Crippen molar-refractivity contribution in [2.45, 2.75) is 57.7 Å². The summed E-state index contributed by atoms with van der Waals surface area (Å²) in [5.41, 5.74) is 1.04. The fourth-order valence-electron chi connectivity index (χ4n) is 3.62. The van der Waals surface area contributed by atoms with Crippen LogP contribution >= 0.6 is 0 Å². The molecule has 0 bridgehead atoms. The van der Waals surface area contributed by atoms with Gasteiger partial charge in [0.15, 0.2) is 5.82 Å². The van der Waals surface area contributed by atoms with Gasteiger partial charge in [0, 0.05) is 25.2 Å². The van der Waals surface area contributed by atoms with E-state index in [0.717, 1.165) is 23.9 Å². The van der Waals surface area contributed by atoms with Gasteiger partial charge in [-0.3, -0.25) is 4.79 Å². The van der Waals surface area contributed by atoms with E-state index in [1.54, 1.807) is 25.7 Å². The molecule has 2 fully saturated rings. The van der Waals surface area contributed by atoms with Crippen LogP contribution < -0.4 is 26.0 Å². The Labute approximate surface area is 178 Å². The van der Waals surface area contributed by atoms with E-state index in [0.29, 0.717) is 13.0 Å². The number of anilines is 2. The van der Waals surface area contributed by atoms with E-state index in [1.165, 1.54) is 0 Å². The van der Waals surface area contributed by atoms with Crippen molar-refractivity contribution in [1.29, 1.82) is 0 Å². The average molecular weight is 436 g/mol. The number of ether oxygens (including phenoxy) is 1. The fourth-order valence-corrected chi connectivity index (χ4v) is 3.62. The Hall–Kier alpha value is -2.95. The van der Waals surface area contributed by atoms with Gasteiger partial charge in [0.05, 0.1) is 11.7 Å². The first kappa shape index (κ1) is 21.3. The highest BCUT2D eigenvalue weighted by Gasteiger charge is 2.41. The minimum absolute atomic E-state index is 0.0551. The van der Waals surface area contributed by atoms with Gasteiger partial charge in [0.25, 0.3) is 5.91 Å². The number of nitrogens with one attached hydrogen (secondary N) is 2. The number of hydrogen-bond donors (Lipinski definition) is 2. The molecule has 1 saturated heterocycles. The van der Waals surface area contributed by atoms with Crippen LogP contribution in [0.15, 0.2) is 6.07 Å². The van der Waals surface area contributed by atoms with E-state index in [1.807, 2.05) is 0 Å². The van der Waals surface area contributed by atoms with Crippen LogP contribution in [0.3, 0.4) is 0 Å². The predicted octanol–water partition coefficient (Wildman–Crippen LogP) is 2.42. The lowest BCUT2D eigenvalue weighted by Crippen LogP contribution is -2.53. The molecule has 4 rings (SSSR count). The number of alkyl carbamates (subject to hydrolysis) is 1. The highest BCUT2D eigenvalue weighted by molar-refractivity contribution is 6.17. The van der Waals surface area contributed by atoms with Crippen molar-refractivity contribution in [2.24, 2.45) is 0 Å². The molecule has 1 aromatic rings. The minimum atomic E-state index is -1.11. The van der Waals surface area contributed by atoms with Gasteiger partial charge in [0.2, 0.25) is 0 Å². The van der Waals surface area contributed by atoms with Gasteiger partial charge in [-0.15, -0.1) is 0 Å². The van der Waals surface area contributed by atoms with Crippen LogP contribution in [-0.2, 0) is 4.74 Å². The lowest BCUT2D eigenvalue weighted by Gasteiger charge is -2.30. The molecule has 9 nitrogen and oxygen atoms in total. The Balaban J connectivity index is 1.58. The van der Waals surface area contributed by atoms with Gasteiger partial charge < -0.3 is 15.0 Å². The molecule has 1 atom stereocenters. The van der Waals surface area contributed by atoms with E-state index < -0.39 is 46.5 Å². The first-order chi connectivity index (χ1) is 14.5. The zero-order valence-corrected chi connectivity index (χ0v) is 17.5. The number of urea groups is 1. The van der Waals surface area contributed by atoms with Crippen molar-refractivity contribution in [3.63, 3.8) is 0 Å². The molecule has 1 saturated carbocycles. The number of fused-ring (bicyclic) bond motifs is 1. The van der Waals surface area contributed by atoms with Crippen molar-refractivity contribution >= 4 is 29.4 Å². The first-order valence-corrected chi connectivity index (χ1v) is 10.2. The number of imide groups is 1. The standard InChI is InChI=1S/C20H24F2N5O4/c1-20(2,3)31-19(30)23-11-6-7-26(9-11)13-8-12(21)14-16(15(13)22)27(25-10-4-5-10)18(29)24-17(14)28/h8,10-11,25H,4-7,9H2,1-3H3,(H,23,30)/t11-/m0/s1. The summed E-state index contributed by atoms with van der Waals surface area (Å²) in [6, 6.07) is -0.429. The van der Waals surface area contributed by atoms with Crippen LogP contribution in [0.1, 0.15) is 50.4 Å². The van der Waals surface area contributed by atoms with Gasteiger partial charge in [0.1, 0.15) is 22.7 Å². The molecule has 0 spiro atoms. The van der Waals surface area contributed by atoms with E-state index in [9.17, 15) is 18.8 Å². The maximum atomic E-state index is 15.5. The second-order valence-corrected chi connectivity index (χ2v) is 8.93. The lowest BCUT2D eigenvalue weighted by molar-refractivity contribution is 0.0508. The molecule has 4 amide bonds. The van der Waals surface area contributed by atoms with Crippen LogP contribution in [0.25, 0.3) is 0 Å². The molecule has 1 aliphatic carbocycles. The number of halogens is 2. The molecule has 3 aliphatic rings. The summed E-state index contributed by atoms with van der Waals surface area (Å²) in [6.45, 7) is 5.80. The van der Waals surface area contributed by atoms with Crippen molar-refractivity contribution < 1.29 is 27.9 Å². The third-order valence-corrected chi connectivity index (χ3v) is 5.14. The summed E-state index contributed by atoms with van der Waals surface area (Å²) in [5.74, 6) is -2.96. The molecule has 2 aliphatic heterocycles. The lowest BCUT2D eigenvalue weighted by atomic mass is 10.1. The molecule has 167 valence electrons. The van der Waals surface area contributed by atoms with E-state index in [-0.39, 0.29) is 24.3 Å². The molecule has 1 radical (unpaired) electrons. The number of nitrogens with zero attached hydrogens (tertiary/aromatic N) is 3. The Kier molecular flexibility index (Phi) is 5.24. The normalized spacial score (nSPS) is 21.1. The van der Waals surface area contributed by atoms with Crippen molar-refractivity contribution in [2.75, 3.05) is 23.0 Å². The molecule has 2 heterocycles. The number of rotatable bonds is 4. The van der Waals surface area contributed by atoms with Gasteiger partial charge >= 0.3 is 12.1 Å². The van der Waals surface area contributed by atoms with E-state index in [4.69, 9.17) is 4.74 Å². The van der Waals surface area contributed by atoms with E-state index >= 15 is 4.39 Å². The Bertz CT molecular complexity index is 944. The maximum absolute atomic E-state index is 15.5.